The van der Waals surface area contributed by atoms with Gasteiger partial charge in [-0.05, 0) is 37.4 Å². The first kappa shape index (κ1) is 11.3. The van der Waals surface area contributed by atoms with E-state index in [2.05, 4.69) is 5.32 Å². The Hall–Kier alpha value is -0.220. The number of thioether (sulfide) groups is 1. The molecular formula is C11H20N2OS. The summed E-state index contributed by atoms with van der Waals surface area (Å²) >= 11 is 1.79. The minimum atomic E-state index is 0.183. The first-order valence-corrected chi connectivity index (χ1v) is 6.97. The number of carbonyl (C=O) groups excluding carboxylic acids is 1. The second-order valence-electron chi connectivity index (χ2n) is 4.60. The highest BCUT2D eigenvalue weighted by Crippen LogP contribution is 2.31. The van der Waals surface area contributed by atoms with Crippen molar-refractivity contribution in [3.05, 3.63) is 0 Å². The molecular weight excluding hydrogens is 208 g/mol. The van der Waals surface area contributed by atoms with Gasteiger partial charge in [0, 0.05) is 12.6 Å². The highest BCUT2D eigenvalue weighted by molar-refractivity contribution is 8.00. The van der Waals surface area contributed by atoms with E-state index < -0.39 is 0 Å². The molecule has 2 unspecified atom stereocenters. The van der Waals surface area contributed by atoms with Crippen LogP contribution in [-0.2, 0) is 4.79 Å². The van der Waals surface area contributed by atoms with Crippen LogP contribution in [0.3, 0.4) is 0 Å². The van der Waals surface area contributed by atoms with Crippen LogP contribution in [-0.4, -0.2) is 29.5 Å². The van der Waals surface area contributed by atoms with Gasteiger partial charge in [0.2, 0.25) is 5.91 Å². The summed E-state index contributed by atoms with van der Waals surface area (Å²) < 4.78 is 0. The van der Waals surface area contributed by atoms with Gasteiger partial charge < -0.3 is 11.1 Å². The number of hydrogen-bond acceptors (Lipinski definition) is 3. The van der Waals surface area contributed by atoms with E-state index in [1.165, 1.54) is 25.7 Å². The average molecular weight is 228 g/mol. The molecule has 0 aromatic heterocycles. The third-order valence-corrected chi connectivity index (χ3v) is 4.59. The third-order valence-electron chi connectivity index (χ3n) is 3.21. The predicted octanol–water partition coefficient (Wildman–Crippen LogP) is 1.13. The summed E-state index contributed by atoms with van der Waals surface area (Å²) in [6.07, 6.45) is 5.98. The summed E-state index contributed by atoms with van der Waals surface area (Å²) in [6.45, 7) is 0.667. The van der Waals surface area contributed by atoms with Gasteiger partial charge in [0.25, 0.3) is 0 Å². The van der Waals surface area contributed by atoms with E-state index in [4.69, 9.17) is 5.73 Å². The van der Waals surface area contributed by atoms with Crippen molar-refractivity contribution < 1.29 is 4.79 Å². The van der Waals surface area contributed by atoms with Crippen molar-refractivity contribution >= 4 is 17.7 Å². The molecule has 15 heavy (non-hydrogen) atoms. The summed E-state index contributed by atoms with van der Waals surface area (Å²) in [6, 6.07) is 0.183. The lowest BCUT2D eigenvalue weighted by Gasteiger charge is -2.21. The minimum Gasteiger partial charge on any atom is -0.354 e. The van der Waals surface area contributed by atoms with Crippen molar-refractivity contribution in [2.24, 2.45) is 11.7 Å². The molecule has 3 N–H and O–H groups in total. The lowest BCUT2D eigenvalue weighted by atomic mass is 10.1. The average Bonchev–Trinajstić information content (AvgIpc) is 3.10. The molecule has 3 nitrogen and oxygen atoms in total. The van der Waals surface area contributed by atoms with Crippen molar-refractivity contribution in [3.63, 3.8) is 0 Å². The lowest BCUT2D eigenvalue weighted by Crippen LogP contribution is -2.42. The van der Waals surface area contributed by atoms with Crippen LogP contribution in [0, 0.1) is 5.92 Å². The predicted molar refractivity (Wildman–Crippen MR) is 63.8 cm³/mol. The van der Waals surface area contributed by atoms with Gasteiger partial charge in [-0.2, -0.15) is 0 Å². The zero-order valence-electron chi connectivity index (χ0n) is 9.08. The Kier molecular flexibility index (Phi) is 3.92. The van der Waals surface area contributed by atoms with Gasteiger partial charge in [0.05, 0.1) is 5.25 Å². The molecule has 1 amide bonds. The highest BCUT2D eigenvalue weighted by Gasteiger charge is 2.29. The van der Waals surface area contributed by atoms with Gasteiger partial charge in [-0.1, -0.05) is 6.42 Å². The third kappa shape index (κ3) is 3.38. The molecule has 1 saturated heterocycles. The zero-order chi connectivity index (χ0) is 10.7. The fourth-order valence-corrected chi connectivity index (χ4v) is 3.19. The SMILES string of the molecule is NC(CNC(=O)C1CCCCS1)C1CC1. The summed E-state index contributed by atoms with van der Waals surface area (Å²) in [4.78, 5) is 11.8. The Balaban J connectivity index is 1.66. The monoisotopic (exact) mass is 228 g/mol. The smallest absolute Gasteiger partial charge is 0.233 e. The lowest BCUT2D eigenvalue weighted by molar-refractivity contribution is -0.120. The Bertz CT molecular complexity index is 225. The molecule has 2 aliphatic rings. The van der Waals surface area contributed by atoms with Crippen LogP contribution in [0.4, 0.5) is 0 Å². The van der Waals surface area contributed by atoms with Gasteiger partial charge in [-0.3, -0.25) is 4.79 Å². The quantitative estimate of drug-likeness (QED) is 0.758. The van der Waals surface area contributed by atoms with Crippen LogP contribution in [0.2, 0.25) is 0 Å². The van der Waals surface area contributed by atoms with Crippen molar-refractivity contribution in [2.45, 2.75) is 43.4 Å². The summed E-state index contributed by atoms with van der Waals surface area (Å²) in [5.41, 5.74) is 5.94. The second kappa shape index (κ2) is 5.21. The molecule has 0 bridgehead atoms. The molecule has 1 aliphatic heterocycles. The van der Waals surface area contributed by atoms with E-state index >= 15 is 0 Å². The number of nitrogens with one attached hydrogen (secondary N) is 1. The second-order valence-corrected chi connectivity index (χ2v) is 5.91. The molecule has 1 heterocycles. The van der Waals surface area contributed by atoms with Gasteiger partial charge in [-0.15, -0.1) is 11.8 Å². The van der Waals surface area contributed by atoms with Crippen molar-refractivity contribution in [3.8, 4) is 0 Å². The molecule has 2 atom stereocenters. The van der Waals surface area contributed by atoms with E-state index in [-0.39, 0.29) is 17.2 Å². The molecule has 4 heteroatoms. The molecule has 86 valence electrons. The van der Waals surface area contributed by atoms with Crippen molar-refractivity contribution in [1.29, 1.82) is 0 Å². The van der Waals surface area contributed by atoms with Crippen LogP contribution >= 0.6 is 11.8 Å². The van der Waals surface area contributed by atoms with Crippen LogP contribution in [0.15, 0.2) is 0 Å². The molecule has 2 fully saturated rings. The Morgan fingerprint density at radius 2 is 2.20 bits per heavy atom. The first-order chi connectivity index (χ1) is 7.27. The number of amides is 1. The minimum absolute atomic E-state index is 0.183. The van der Waals surface area contributed by atoms with E-state index in [0.717, 1.165) is 12.2 Å². The van der Waals surface area contributed by atoms with Crippen LogP contribution < -0.4 is 11.1 Å². The maximum absolute atomic E-state index is 11.8. The standard InChI is InChI=1S/C11H20N2OS/c12-9(8-4-5-8)7-13-11(14)10-3-1-2-6-15-10/h8-10H,1-7,12H2,(H,13,14). The topological polar surface area (TPSA) is 55.1 Å². The van der Waals surface area contributed by atoms with Crippen LogP contribution in [0.25, 0.3) is 0 Å². The van der Waals surface area contributed by atoms with E-state index in [1.807, 2.05) is 0 Å². The summed E-state index contributed by atoms with van der Waals surface area (Å²) in [5, 5.41) is 3.17. The largest absolute Gasteiger partial charge is 0.354 e. The fraction of sp³-hybridized carbons (Fsp3) is 0.909. The Morgan fingerprint density at radius 1 is 1.40 bits per heavy atom. The Morgan fingerprint density at radius 3 is 2.80 bits per heavy atom. The van der Waals surface area contributed by atoms with Crippen LogP contribution in [0.5, 0.6) is 0 Å². The highest BCUT2D eigenvalue weighted by atomic mass is 32.2. The summed E-state index contributed by atoms with van der Waals surface area (Å²) in [7, 11) is 0. The molecule has 1 aliphatic carbocycles. The molecule has 0 aromatic rings. The van der Waals surface area contributed by atoms with Gasteiger partial charge in [0.15, 0.2) is 0 Å². The molecule has 0 aromatic carbocycles. The van der Waals surface area contributed by atoms with Crippen LogP contribution in [0.1, 0.15) is 32.1 Å². The van der Waals surface area contributed by atoms with E-state index in [0.29, 0.717) is 12.5 Å². The first-order valence-electron chi connectivity index (χ1n) is 5.92. The molecule has 0 spiro atoms. The summed E-state index contributed by atoms with van der Waals surface area (Å²) in [5.74, 6) is 2.01. The normalized spacial score (nSPS) is 28.5. The number of rotatable bonds is 4. The van der Waals surface area contributed by atoms with Gasteiger partial charge in [0.1, 0.15) is 0 Å². The maximum atomic E-state index is 11.8. The van der Waals surface area contributed by atoms with E-state index in [1.54, 1.807) is 11.8 Å². The number of hydrogen-bond donors (Lipinski definition) is 2. The molecule has 2 rings (SSSR count). The molecule has 0 radical (unpaired) electrons. The van der Waals surface area contributed by atoms with Gasteiger partial charge in [-0.25, -0.2) is 0 Å². The van der Waals surface area contributed by atoms with Crippen molar-refractivity contribution in [1.82, 2.24) is 5.32 Å². The Labute approximate surface area is 95.6 Å². The van der Waals surface area contributed by atoms with Gasteiger partial charge >= 0.3 is 0 Å². The maximum Gasteiger partial charge on any atom is 0.233 e. The number of nitrogens with two attached hydrogens (primary N) is 1. The zero-order valence-corrected chi connectivity index (χ0v) is 9.89. The van der Waals surface area contributed by atoms with Crippen molar-refractivity contribution in [2.75, 3.05) is 12.3 Å². The molecule has 1 saturated carbocycles. The fourth-order valence-electron chi connectivity index (χ4n) is 1.97. The number of carbonyl (C=O) groups is 1. The van der Waals surface area contributed by atoms with E-state index in [9.17, 15) is 4.79 Å².